The molecule has 3 N–H and O–H groups in total. The second-order valence-corrected chi connectivity index (χ2v) is 8.25. The van der Waals surface area contributed by atoms with Crippen LogP contribution in [-0.4, -0.2) is 12.3 Å². The van der Waals surface area contributed by atoms with Gasteiger partial charge in [0.1, 0.15) is 0 Å². The van der Waals surface area contributed by atoms with Gasteiger partial charge in [0.15, 0.2) is 0 Å². The van der Waals surface area contributed by atoms with Gasteiger partial charge >= 0.3 is 0 Å². The quantitative estimate of drug-likeness (QED) is 0.304. The number of allylic oxidation sites excluding steroid dienone is 3. The third kappa shape index (κ3) is 6.33. The SMILES string of the molecule is C=CC(CC)C(CC(CCC)c1ccc(C(C=N)=C(C)C)cc1Cl)C(C)N. The number of halogens is 1. The lowest BCUT2D eigenvalue weighted by atomic mass is 9.76. The lowest BCUT2D eigenvalue weighted by Gasteiger charge is -2.31. The van der Waals surface area contributed by atoms with Crippen molar-refractivity contribution in [1.82, 2.24) is 0 Å². The van der Waals surface area contributed by atoms with Crippen LogP contribution in [0, 0.1) is 17.2 Å². The van der Waals surface area contributed by atoms with Gasteiger partial charge in [0.25, 0.3) is 0 Å². The maximum absolute atomic E-state index is 7.68. The van der Waals surface area contributed by atoms with Crippen LogP contribution in [0.3, 0.4) is 0 Å². The van der Waals surface area contributed by atoms with E-state index in [-0.39, 0.29) is 6.04 Å². The lowest BCUT2D eigenvalue weighted by Crippen LogP contribution is -2.33. The van der Waals surface area contributed by atoms with Crippen molar-refractivity contribution >= 4 is 23.4 Å². The molecule has 1 rings (SSSR count). The van der Waals surface area contributed by atoms with E-state index in [2.05, 4.69) is 45.6 Å². The van der Waals surface area contributed by atoms with Crippen LogP contribution in [0.15, 0.2) is 36.4 Å². The minimum atomic E-state index is 0.126. The maximum atomic E-state index is 7.68. The topological polar surface area (TPSA) is 49.9 Å². The van der Waals surface area contributed by atoms with E-state index in [9.17, 15) is 0 Å². The summed E-state index contributed by atoms with van der Waals surface area (Å²) in [6.07, 6.45) is 7.76. The van der Waals surface area contributed by atoms with E-state index in [0.717, 1.165) is 47.4 Å². The summed E-state index contributed by atoms with van der Waals surface area (Å²) in [5, 5.41) is 8.48. The summed E-state index contributed by atoms with van der Waals surface area (Å²) in [5.41, 5.74) is 10.6. The monoisotopic (exact) mass is 388 g/mol. The first-order chi connectivity index (χ1) is 12.8. The molecule has 0 radical (unpaired) electrons. The zero-order valence-electron chi connectivity index (χ0n) is 17.7. The smallest absolute Gasteiger partial charge is 0.0446 e. The molecule has 27 heavy (non-hydrogen) atoms. The molecule has 0 fully saturated rings. The summed E-state index contributed by atoms with van der Waals surface area (Å²) in [5.74, 6) is 1.21. The largest absolute Gasteiger partial charge is 0.328 e. The van der Waals surface area contributed by atoms with E-state index in [1.54, 1.807) is 0 Å². The van der Waals surface area contributed by atoms with Crippen LogP contribution < -0.4 is 5.73 Å². The molecule has 150 valence electrons. The van der Waals surface area contributed by atoms with Gasteiger partial charge in [-0.3, -0.25) is 0 Å². The predicted octanol–water partition coefficient (Wildman–Crippen LogP) is 7.23. The number of hydrogen-bond acceptors (Lipinski definition) is 2. The highest BCUT2D eigenvalue weighted by atomic mass is 35.5. The number of nitrogens with two attached hydrogens (primary N) is 1. The first-order valence-corrected chi connectivity index (χ1v) is 10.5. The molecule has 0 aliphatic heterocycles. The molecule has 0 bridgehead atoms. The summed E-state index contributed by atoms with van der Waals surface area (Å²) < 4.78 is 0. The van der Waals surface area contributed by atoms with Crippen molar-refractivity contribution in [2.24, 2.45) is 17.6 Å². The highest BCUT2D eigenvalue weighted by molar-refractivity contribution is 6.31. The van der Waals surface area contributed by atoms with Gasteiger partial charge in [0.2, 0.25) is 0 Å². The van der Waals surface area contributed by atoms with Crippen molar-refractivity contribution in [2.75, 3.05) is 0 Å². The van der Waals surface area contributed by atoms with Crippen molar-refractivity contribution in [3.8, 4) is 0 Å². The van der Waals surface area contributed by atoms with Gasteiger partial charge in [0.05, 0.1) is 0 Å². The molecular weight excluding hydrogens is 352 g/mol. The Balaban J connectivity index is 3.25. The Hall–Kier alpha value is -1.38. The molecule has 0 aliphatic carbocycles. The number of hydrogen-bond donors (Lipinski definition) is 2. The first kappa shape index (κ1) is 23.7. The Morgan fingerprint density at radius 1 is 1.30 bits per heavy atom. The maximum Gasteiger partial charge on any atom is 0.0446 e. The van der Waals surface area contributed by atoms with E-state index in [1.807, 2.05) is 19.9 Å². The van der Waals surface area contributed by atoms with E-state index < -0.39 is 0 Å². The van der Waals surface area contributed by atoms with Crippen LogP contribution in [0.2, 0.25) is 5.02 Å². The van der Waals surface area contributed by atoms with Gasteiger partial charge in [0, 0.05) is 17.3 Å². The van der Waals surface area contributed by atoms with Gasteiger partial charge in [-0.05, 0) is 80.6 Å². The Morgan fingerprint density at radius 2 is 1.96 bits per heavy atom. The molecule has 1 aromatic carbocycles. The van der Waals surface area contributed by atoms with Gasteiger partial charge in [-0.1, -0.05) is 55.7 Å². The van der Waals surface area contributed by atoms with Crippen molar-refractivity contribution in [3.05, 3.63) is 52.6 Å². The standard InChI is InChI=1S/C24H37ClN2/c1-7-10-19(13-22(17(6)27)18(8-2)9-3)21-12-11-20(14-24(21)25)23(15-26)16(4)5/h8,11-12,14-15,17-19,22,26H,2,7,9-10,13,27H2,1,3-6H3. The minimum Gasteiger partial charge on any atom is -0.328 e. The summed E-state index contributed by atoms with van der Waals surface area (Å²) in [4.78, 5) is 0. The molecule has 4 unspecified atom stereocenters. The third-order valence-corrected chi connectivity index (χ3v) is 5.95. The van der Waals surface area contributed by atoms with Gasteiger partial charge in [-0.25, -0.2) is 0 Å². The van der Waals surface area contributed by atoms with Crippen LogP contribution in [0.5, 0.6) is 0 Å². The Labute approximate surface area is 171 Å². The number of nitrogens with one attached hydrogen (secondary N) is 1. The van der Waals surface area contributed by atoms with E-state index in [0.29, 0.717) is 17.8 Å². The summed E-state index contributed by atoms with van der Waals surface area (Å²) in [6.45, 7) is 14.6. The molecule has 3 heteroatoms. The highest BCUT2D eigenvalue weighted by Crippen LogP contribution is 2.38. The molecule has 2 nitrogen and oxygen atoms in total. The van der Waals surface area contributed by atoms with Crippen LogP contribution in [0.4, 0.5) is 0 Å². The third-order valence-electron chi connectivity index (χ3n) is 5.63. The zero-order valence-corrected chi connectivity index (χ0v) is 18.4. The lowest BCUT2D eigenvalue weighted by molar-refractivity contribution is 0.286. The van der Waals surface area contributed by atoms with Crippen molar-refractivity contribution in [2.45, 2.75) is 72.3 Å². The van der Waals surface area contributed by atoms with Crippen molar-refractivity contribution in [3.63, 3.8) is 0 Å². The first-order valence-electron chi connectivity index (χ1n) is 10.2. The summed E-state index contributed by atoms with van der Waals surface area (Å²) in [6, 6.07) is 6.39. The molecule has 0 heterocycles. The molecule has 0 aromatic heterocycles. The number of rotatable bonds is 11. The fraction of sp³-hybridized carbons (Fsp3) is 0.542. The molecule has 0 saturated carbocycles. The van der Waals surface area contributed by atoms with Crippen LogP contribution >= 0.6 is 11.6 Å². The van der Waals surface area contributed by atoms with Gasteiger partial charge in [-0.2, -0.15) is 0 Å². The van der Waals surface area contributed by atoms with Crippen molar-refractivity contribution in [1.29, 1.82) is 5.41 Å². The van der Waals surface area contributed by atoms with Crippen LogP contribution in [0.25, 0.3) is 5.57 Å². The minimum absolute atomic E-state index is 0.126. The van der Waals surface area contributed by atoms with Crippen LogP contribution in [0.1, 0.15) is 77.3 Å². The molecular formula is C24H37ClN2. The van der Waals surface area contributed by atoms with E-state index in [4.69, 9.17) is 22.7 Å². The highest BCUT2D eigenvalue weighted by Gasteiger charge is 2.26. The fourth-order valence-corrected chi connectivity index (χ4v) is 4.38. The average Bonchev–Trinajstić information content (AvgIpc) is 2.61. The normalized spacial score (nSPS) is 15.5. The van der Waals surface area contributed by atoms with E-state index in [1.165, 1.54) is 11.8 Å². The van der Waals surface area contributed by atoms with E-state index >= 15 is 0 Å². The Kier molecular flexibility index (Phi) is 10.0. The molecule has 0 saturated heterocycles. The zero-order chi connectivity index (χ0) is 20.6. The second kappa shape index (κ2) is 11.5. The fourth-order valence-electron chi connectivity index (χ4n) is 4.04. The molecule has 0 aliphatic rings. The average molecular weight is 389 g/mol. The van der Waals surface area contributed by atoms with Gasteiger partial charge < -0.3 is 11.1 Å². The van der Waals surface area contributed by atoms with Crippen molar-refractivity contribution < 1.29 is 0 Å². The Morgan fingerprint density at radius 3 is 2.37 bits per heavy atom. The second-order valence-electron chi connectivity index (χ2n) is 7.85. The molecule has 0 spiro atoms. The summed E-state index contributed by atoms with van der Waals surface area (Å²) in [7, 11) is 0. The number of benzene rings is 1. The Bertz CT molecular complexity index is 656. The summed E-state index contributed by atoms with van der Waals surface area (Å²) >= 11 is 6.73. The predicted molar refractivity (Wildman–Crippen MR) is 122 cm³/mol. The van der Waals surface area contributed by atoms with Crippen LogP contribution in [-0.2, 0) is 0 Å². The molecule has 4 atom stereocenters. The molecule has 1 aromatic rings. The molecule has 0 amide bonds. The van der Waals surface area contributed by atoms with Gasteiger partial charge in [-0.15, -0.1) is 6.58 Å².